The molecule has 3 aromatic heterocycles. The average Bonchev–Trinajstić information content (AvgIpc) is 3.22. The van der Waals surface area contributed by atoms with Crippen LogP contribution in [0.25, 0.3) is 11.0 Å². The molecule has 0 saturated heterocycles. The molecule has 0 aromatic carbocycles. The smallest absolute Gasteiger partial charge is 0.224 e. The summed E-state index contributed by atoms with van der Waals surface area (Å²) in [4.78, 5) is 11.0. The standard InChI is InChI=1S/C17H25N9/c1-24-15-13(10-20-24)16(23-17(19)22-15)25-8-5-14-12(11-25)9-21-26(14)7-4-2-3-6-18/h9-10H,2-8,11,18H2,1H3,(H2,19,22,23). The van der Waals surface area contributed by atoms with E-state index in [9.17, 15) is 0 Å². The summed E-state index contributed by atoms with van der Waals surface area (Å²) in [5, 5.41) is 9.82. The van der Waals surface area contributed by atoms with E-state index in [0.29, 0.717) is 0 Å². The summed E-state index contributed by atoms with van der Waals surface area (Å²) in [6.07, 6.45) is 8.07. The Morgan fingerprint density at radius 1 is 1.12 bits per heavy atom. The van der Waals surface area contributed by atoms with Crippen molar-refractivity contribution >= 4 is 22.8 Å². The molecule has 9 heteroatoms. The van der Waals surface area contributed by atoms with Crippen LogP contribution >= 0.6 is 0 Å². The van der Waals surface area contributed by atoms with E-state index < -0.39 is 0 Å². The molecule has 0 aliphatic carbocycles. The second kappa shape index (κ2) is 6.91. The van der Waals surface area contributed by atoms with Crippen LogP contribution < -0.4 is 16.4 Å². The van der Waals surface area contributed by atoms with E-state index in [1.165, 1.54) is 11.3 Å². The number of hydrogen-bond donors (Lipinski definition) is 2. The first kappa shape index (κ1) is 16.8. The molecule has 0 saturated carbocycles. The fourth-order valence-corrected chi connectivity index (χ4v) is 3.62. The Morgan fingerprint density at radius 3 is 2.85 bits per heavy atom. The highest BCUT2D eigenvalue weighted by Gasteiger charge is 2.24. The highest BCUT2D eigenvalue weighted by Crippen LogP contribution is 2.29. The van der Waals surface area contributed by atoms with Gasteiger partial charge in [0.05, 0.1) is 17.8 Å². The normalized spacial score (nSPS) is 14.2. The second-order valence-electron chi connectivity index (χ2n) is 6.77. The quantitative estimate of drug-likeness (QED) is 0.629. The molecule has 0 fully saturated rings. The zero-order valence-electron chi connectivity index (χ0n) is 15.1. The number of fused-ring (bicyclic) bond motifs is 2. The van der Waals surface area contributed by atoms with Gasteiger partial charge < -0.3 is 16.4 Å². The lowest BCUT2D eigenvalue weighted by molar-refractivity contribution is 0.521. The van der Waals surface area contributed by atoms with Gasteiger partial charge in [-0.3, -0.25) is 9.36 Å². The molecular formula is C17H25N9. The largest absolute Gasteiger partial charge is 0.368 e. The Morgan fingerprint density at radius 2 is 2.00 bits per heavy atom. The third-order valence-corrected chi connectivity index (χ3v) is 4.98. The van der Waals surface area contributed by atoms with Crippen molar-refractivity contribution in [1.29, 1.82) is 0 Å². The van der Waals surface area contributed by atoms with Crippen LogP contribution in [-0.4, -0.2) is 42.6 Å². The summed E-state index contributed by atoms with van der Waals surface area (Å²) in [5.41, 5.74) is 14.8. The number of nitrogens with zero attached hydrogens (tertiary/aromatic N) is 7. The monoisotopic (exact) mass is 355 g/mol. The van der Waals surface area contributed by atoms with Crippen LogP contribution in [0.5, 0.6) is 0 Å². The Balaban J connectivity index is 1.55. The highest BCUT2D eigenvalue weighted by molar-refractivity contribution is 5.88. The van der Waals surface area contributed by atoms with Crippen molar-refractivity contribution in [3.05, 3.63) is 23.7 Å². The van der Waals surface area contributed by atoms with Crippen molar-refractivity contribution in [3.63, 3.8) is 0 Å². The molecule has 138 valence electrons. The molecule has 4 N–H and O–H groups in total. The van der Waals surface area contributed by atoms with E-state index in [0.717, 1.165) is 68.7 Å². The Labute approximate surface area is 152 Å². The number of nitrogens with two attached hydrogens (primary N) is 2. The van der Waals surface area contributed by atoms with Gasteiger partial charge in [0.2, 0.25) is 5.95 Å². The molecule has 3 aromatic rings. The summed E-state index contributed by atoms with van der Waals surface area (Å²) in [7, 11) is 1.86. The fraction of sp³-hybridized carbons (Fsp3) is 0.529. The number of hydrogen-bond acceptors (Lipinski definition) is 7. The molecule has 0 radical (unpaired) electrons. The third-order valence-electron chi connectivity index (χ3n) is 4.98. The number of rotatable bonds is 6. The minimum Gasteiger partial charge on any atom is -0.368 e. The molecule has 0 unspecified atom stereocenters. The van der Waals surface area contributed by atoms with Crippen LogP contribution in [0.4, 0.5) is 11.8 Å². The topological polar surface area (TPSA) is 117 Å². The van der Waals surface area contributed by atoms with Crippen LogP contribution in [0.1, 0.15) is 30.5 Å². The number of unbranched alkanes of at least 4 members (excludes halogenated alkanes) is 2. The van der Waals surface area contributed by atoms with Crippen molar-refractivity contribution in [2.45, 2.75) is 38.8 Å². The van der Waals surface area contributed by atoms with Gasteiger partial charge >= 0.3 is 0 Å². The average molecular weight is 355 g/mol. The minimum atomic E-state index is 0.275. The predicted molar refractivity (Wildman–Crippen MR) is 101 cm³/mol. The van der Waals surface area contributed by atoms with E-state index in [-0.39, 0.29) is 5.95 Å². The number of nitrogen functional groups attached to an aromatic ring is 1. The van der Waals surface area contributed by atoms with Gasteiger partial charge in [-0.05, 0) is 19.4 Å². The van der Waals surface area contributed by atoms with Gasteiger partial charge in [-0.25, -0.2) is 0 Å². The van der Waals surface area contributed by atoms with Gasteiger partial charge in [0.25, 0.3) is 0 Å². The Kier molecular flexibility index (Phi) is 4.46. The molecule has 26 heavy (non-hydrogen) atoms. The first-order valence-electron chi connectivity index (χ1n) is 9.11. The van der Waals surface area contributed by atoms with Crippen molar-refractivity contribution < 1.29 is 0 Å². The second-order valence-corrected chi connectivity index (χ2v) is 6.77. The van der Waals surface area contributed by atoms with Gasteiger partial charge in [0.15, 0.2) is 5.65 Å². The van der Waals surface area contributed by atoms with Crippen LogP contribution in [-0.2, 0) is 26.6 Å². The van der Waals surface area contributed by atoms with Gasteiger partial charge in [-0.2, -0.15) is 20.2 Å². The predicted octanol–water partition coefficient (Wildman–Crippen LogP) is 0.834. The molecular weight excluding hydrogens is 330 g/mol. The summed E-state index contributed by atoms with van der Waals surface area (Å²) in [5.74, 6) is 1.12. The first-order chi connectivity index (χ1) is 12.7. The summed E-state index contributed by atoms with van der Waals surface area (Å²) in [6, 6.07) is 0. The zero-order chi connectivity index (χ0) is 18.1. The van der Waals surface area contributed by atoms with Crippen molar-refractivity contribution in [1.82, 2.24) is 29.5 Å². The summed E-state index contributed by atoms with van der Waals surface area (Å²) < 4.78 is 3.88. The maximum atomic E-state index is 5.92. The molecule has 0 bridgehead atoms. The van der Waals surface area contributed by atoms with E-state index >= 15 is 0 Å². The van der Waals surface area contributed by atoms with Crippen LogP contribution in [0, 0.1) is 0 Å². The molecule has 9 nitrogen and oxygen atoms in total. The number of anilines is 2. The highest BCUT2D eigenvalue weighted by atomic mass is 15.3. The zero-order valence-corrected chi connectivity index (χ0v) is 15.1. The summed E-state index contributed by atoms with van der Waals surface area (Å²) in [6.45, 7) is 3.38. The lowest BCUT2D eigenvalue weighted by atomic mass is 10.1. The van der Waals surface area contributed by atoms with E-state index in [4.69, 9.17) is 11.5 Å². The number of aromatic nitrogens is 6. The van der Waals surface area contributed by atoms with Gasteiger partial charge in [0.1, 0.15) is 5.82 Å². The van der Waals surface area contributed by atoms with Crippen LogP contribution in [0.2, 0.25) is 0 Å². The van der Waals surface area contributed by atoms with Crippen molar-refractivity contribution in [2.24, 2.45) is 12.8 Å². The Bertz CT molecular complexity index is 910. The van der Waals surface area contributed by atoms with Crippen LogP contribution in [0.3, 0.4) is 0 Å². The van der Waals surface area contributed by atoms with E-state index in [1.807, 2.05) is 13.2 Å². The molecule has 0 atom stereocenters. The Hall–Kier alpha value is -2.68. The lowest BCUT2D eigenvalue weighted by Gasteiger charge is -2.28. The summed E-state index contributed by atoms with van der Waals surface area (Å²) >= 11 is 0. The molecule has 0 spiro atoms. The SMILES string of the molecule is Cn1ncc2c(N3CCc4c(cnn4CCCCCN)C3)nc(N)nc21. The molecule has 1 aliphatic heterocycles. The van der Waals surface area contributed by atoms with E-state index in [1.54, 1.807) is 10.9 Å². The van der Waals surface area contributed by atoms with Crippen LogP contribution in [0.15, 0.2) is 12.4 Å². The third kappa shape index (κ3) is 2.98. The van der Waals surface area contributed by atoms with Crippen molar-refractivity contribution in [3.8, 4) is 0 Å². The van der Waals surface area contributed by atoms with E-state index in [2.05, 4.69) is 29.7 Å². The lowest BCUT2D eigenvalue weighted by Crippen LogP contribution is -2.32. The molecule has 4 heterocycles. The first-order valence-corrected chi connectivity index (χ1v) is 9.11. The van der Waals surface area contributed by atoms with Crippen molar-refractivity contribution in [2.75, 3.05) is 23.7 Å². The van der Waals surface area contributed by atoms with Gasteiger partial charge in [-0.1, -0.05) is 6.42 Å². The minimum absolute atomic E-state index is 0.275. The maximum Gasteiger partial charge on any atom is 0.224 e. The molecule has 4 rings (SSSR count). The maximum absolute atomic E-state index is 5.92. The fourth-order valence-electron chi connectivity index (χ4n) is 3.62. The molecule has 0 amide bonds. The molecule has 1 aliphatic rings. The van der Waals surface area contributed by atoms with Gasteiger partial charge in [-0.15, -0.1) is 0 Å². The number of aryl methyl sites for hydroxylation is 2. The van der Waals surface area contributed by atoms with Gasteiger partial charge in [0, 0.05) is 44.4 Å².